The van der Waals surface area contributed by atoms with Crippen LogP contribution < -0.4 is 15.7 Å². The van der Waals surface area contributed by atoms with Crippen molar-refractivity contribution in [2.75, 3.05) is 10.0 Å². The zero-order valence-corrected chi connectivity index (χ0v) is 18.3. The SMILES string of the molecule is Cc1ccc(NC(=O)Cn2cccnc2=O)cc1S(=O)(=O)Nc1ccc(SC(F)F)cc1. The van der Waals surface area contributed by atoms with Gasteiger partial charge < -0.3 is 5.32 Å². The number of amides is 1. The van der Waals surface area contributed by atoms with E-state index in [-0.39, 0.29) is 22.8 Å². The summed E-state index contributed by atoms with van der Waals surface area (Å²) in [5.74, 6) is -3.11. The van der Waals surface area contributed by atoms with Gasteiger partial charge in [0.15, 0.2) is 0 Å². The molecule has 2 N–H and O–H groups in total. The van der Waals surface area contributed by atoms with Gasteiger partial charge in [-0.25, -0.2) is 18.2 Å². The first kappa shape index (κ1) is 23.4. The van der Waals surface area contributed by atoms with Crippen molar-refractivity contribution < 1.29 is 22.0 Å². The maximum atomic E-state index is 12.9. The Labute approximate surface area is 186 Å². The molecule has 1 heterocycles. The zero-order valence-electron chi connectivity index (χ0n) is 16.7. The second-order valence-electron chi connectivity index (χ2n) is 6.57. The average Bonchev–Trinajstić information content (AvgIpc) is 2.72. The molecule has 0 aliphatic carbocycles. The number of hydrogen-bond acceptors (Lipinski definition) is 6. The van der Waals surface area contributed by atoms with Crippen molar-refractivity contribution in [3.05, 3.63) is 77.0 Å². The number of aromatic nitrogens is 2. The fourth-order valence-corrected chi connectivity index (χ4v) is 4.57. The molecule has 0 atom stereocenters. The van der Waals surface area contributed by atoms with Gasteiger partial charge >= 0.3 is 5.69 Å². The highest BCUT2D eigenvalue weighted by molar-refractivity contribution is 7.99. The number of halogens is 2. The normalized spacial score (nSPS) is 11.4. The van der Waals surface area contributed by atoms with Crippen LogP contribution in [0, 0.1) is 6.92 Å². The lowest BCUT2D eigenvalue weighted by atomic mass is 10.2. The summed E-state index contributed by atoms with van der Waals surface area (Å²) in [6.07, 6.45) is 2.72. The van der Waals surface area contributed by atoms with Crippen LogP contribution in [0.15, 0.2) is 75.5 Å². The van der Waals surface area contributed by atoms with E-state index in [1.165, 1.54) is 60.9 Å². The highest BCUT2D eigenvalue weighted by Crippen LogP contribution is 2.28. The van der Waals surface area contributed by atoms with E-state index in [1.807, 2.05) is 0 Å². The third-order valence-corrected chi connectivity index (χ3v) is 6.44. The lowest BCUT2D eigenvalue weighted by Gasteiger charge is -2.13. The number of carbonyl (C=O) groups is 1. The molecule has 1 amide bonds. The van der Waals surface area contributed by atoms with Crippen molar-refractivity contribution >= 4 is 39.1 Å². The van der Waals surface area contributed by atoms with Gasteiger partial charge in [-0.1, -0.05) is 17.8 Å². The third-order valence-electron chi connectivity index (χ3n) is 4.19. The van der Waals surface area contributed by atoms with Crippen LogP contribution in [0.5, 0.6) is 0 Å². The van der Waals surface area contributed by atoms with Crippen LogP contribution in [0.4, 0.5) is 20.2 Å². The van der Waals surface area contributed by atoms with Gasteiger partial charge in [-0.15, -0.1) is 0 Å². The Bertz CT molecular complexity index is 1280. The lowest BCUT2D eigenvalue weighted by Crippen LogP contribution is -2.28. The van der Waals surface area contributed by atoms with Crippen LogP contribution >= 0.6 is 11.8 Å². The van der Waals surface area contributed by atoms with Gasteiger partial charge in [0, 0.05) is 28.7 Å². The molecule has 1 aromatic heterocycles. The number of sulfonamides is 1. The monoisotopic (exact) mass is 480 g/mol. The van der Waals surface area contributed by atoms with E-state index < -0.39 is 27.4 Å². The summed E-state index contributed by atoms with van der Waals surface area (Å²) in [5, 5.41) is 2.55. The van der Waals surface area contributed by atoms with E-state index in [0.717, 1.165) is 4.57 Å². The number of rotatable bonds is 8. The number of benzene rings is 2. The van der Waals surface area contributed by atoms with Crippen molar-refractivity contribution in [2.24, 2.45) is 0 Å². The van der Waals surface area contributed by atoms with Crippen molar-refractivity contribution in [1.82, 2.24) is 9.55 Å². The molecule has 0 radical (unpaired) electrons. The summed E-state index contributed by atoms with van der Waals surface area (Å²) in [4.78, 5) is 27.7. The molecule has 168 valence electrons. The zero-order chi connectivity index (χ0) is 23.3. The highest BCUT2D eigenvalue weighted by atomic mass is 32.2. The van der Waals surface area contributed by atoms with E-state index >= 15 is 0 Å². The van der Waals surface area contributed by atoms with E-state index in [0.29, 0.717) is 22.2 Å². The minimum absolute atomic E-state index is 0.0696. The van der Waals surface area contributed by atoms with Crippen molar-refractivity contribution in [2.45, 2.75) is 29.0 Å². The maximum absolute atomic E-state index is 12.9. The second-order valence-corrected chi connectivity index (χ2v) is 9.28. The van der Waals surface area contributed by atoms with Gasteiger partial charge in [0.05, 0.1) is 4.90 Å². The molecule has 0 aliphatic rings. The molecule has 2 aromatic carbocycles. The van der Waals surface area contributed by atoms with Crippen molar-refractivity contribution in [1.29, 1.82) is 0 Å². The predicted octanol–water partition coefficient (Wildman–Crippen LogP) is 3.31. The Morgan fingerprint density at radius 2 is 1.84 bits per heavy atom. The van der Waals surface area contributed by atoms with Crippen molar-refractivity contribution in [3.8, 4) is 0 Å². The van der Waals surface area contributed by atoms with Crippen LogP contribution in [0.1, 0.15) is 5.56 Å². The fourth-order valence-electron chi connectivity index (χ4n) is 2.74. The van der Waals surface area contributed by atoms with Gasteiger partial charge in [0.1, 0.15) is 6.54 Å². The first-order valence-corrected chi connectivity index (χ1v) is 11.5. The van der Waals surface area contributed by atoms with E-state index in [4.69, 9.17) is 0 Å². The first-order chi connectivity index (χ1) is 15.1. The second kappa shape index (κ2) is 9.92. The molecule has 0 saturated carbocycles. The van der Waals surface area contributed by atoms with E-state index in [2.05, 4.69) is 15.0 Å². The van der Waals surface area contributed by atoms with Crippen LogP contribution in [0.3, 0.4) is 0 Å². The van der Waals surface area contributed by atoms with Crippen LogP contribution in [-0.4, -0.2) is 29.6 Å². The van der Waals surface area contributed by atoms with Gasteiger partial charge in [0.25, 0.3) is 15.8 Å². The summed E-state index contributed by atoms with van der Waals surface area (Å²) in [5.41, 5.74) is 0.274. The molecule has 0 aliphatic heterocycles. The lowest BCUT2D eigenvalue weighted by molar-refractivity contribution is -0.116. The fraction of sp³-hybridized carbons (Fsp3) is 0.150. The molecule has 0 fully saturated rings. The number of alkyl halides is 2. The summed E-state index contributed by atoms with van der Waals surface area (Å²) in [6, 6.07) is 11.4. The molecule has 0 saturated heterocycles. The molecular formula is C20H18F2N4O4S2. The quantitative estimate of drug-likeness (QED) is 0.479. The Morgan fingerprint density at radius 3 is 2.50 bits per heavy atom. The molecule has 8 nitrogen and oxygen atoms in total. The molecule has 32 heavy (non-hydrogen) atoms. The highest BCUT2D eigenvalue weighted by Gasteiger charge is 2.19. The number of anilines is 2. The molecule has 3 rings (SSSR count). The first-order valence-electron chi connectivity index (χ1n) is 9.14. The predicted molar refractivity (Wildman–Crippen MR) is 117 cm³/mol. The van der Waals surface area contributed by atoms with Crippen LogP contribution in [0.25, 0.3) is 0 Å². The standard InChI is InChI=1S/C20H18F2N4O4S2/c1-13-3-4-15(24-18(27)12-26-10-2-9-23-20(26)28)11-17(13)32(29,30)25-14-5-7-16(8-6-14)31-19(21)22/h2-11,19,25H,12H2,1H3,(H,24,27). The number of aryl methyl sites for hydroxylation is 1. The summed E-state index contributed by atoms with van der Waals surface area (Å²) in [6.45, 7) is 1.31. The van der Waals surface area contributed by atoms with Crippen LogP contribution in [0.2, 0.25) is 0 Å². The maximum Gasteiger partial charge on any atom is 0.347 e. The van der Waals surface area contributed by atoms with E-state index in [9.17, 15) is 26.8 Å². The van der Waals surface area contributed by atoms with Crippen LogP contribution in [-0.2, 0) is 21.4 Å². The molecule has 0 bridgehead atoms. The summed E-state index contributed by atoms with van der Waals surface area (Å²) in [7, 11) is -4.03. The number of hydrogen-bond donors (Lipinski definition) is 2. The average molecular weight is 481 g/mol. The largest absolute Gasteiger partial charge is 0.347 e. The topological polar surface area (TPSA) is 110 Å². The summed E-state index contributed by atoms with van der Waals surface area (Å²) < 4.78 is 54.1. The Morgan fingerprint density at radius 1 is 1.16 bits per heavy atom. The number of thioether (sulfide) groups is 1. The van der Waals surface area contributed by atoms with Gasteiger partial charge in [-0.2, -0.15) is 8.78 Å². The minimum atomic E-state index is -4.03. The third kappa shape index (κ3) is 6.14. The minimum Gasteiger partial charge on any atom is -0.324 e. The van der Waals surface area contributed by atoms with E-state index in [1.54, 1.807) is 6.92 Å². The Kier molecular flexibility index (Phi) is 7.26. The smallest absolute Gasteiger partial charge is 0.324 e. The molecular weight excluding hydrogens is 462 g/mol. The number of nitrogens with zero attached hydrogens (tertiary/aromatic N) is 2. The molecule has 0 unspecified atom stereocenters. The van der Waals surface area contributed by atoms with Gasteiger partial charge in [-0.05, 0) is 55.0 Å². The van der Waals surface area contributed by atoms with Gasteiger partial charge in [0.2, 0.25) is 5.91 Å². The number of nitrogens with one attached hydrogen (secondary N) is 2. The molecule has 3 aromatic rings. The molecule has 12 heteroatoms. The Hall–Kier alpha value is -3.25. The summed E-state index contributed by atoms with van der Waals surface area (Å²) >= 11 is 0.357. The van der Waals surface area contributed by atoms with Gasteiger partial charge in [-0.3, -0.25) is 14.1 Å². The number of carbonyl (C=O) groups excluding carboxylic acids is 1. The molecule has 0 spiro atoms. The Balaban J connectivity index is 1.76. The van der Waals surface area contributed by atoms with Crippen molar-refractivity contribution in [3.63, 3.8) is 0 Å².